The predicted molar refractivity (Wildman–Crippen MR) is 49.1 cm³/mol. The fraction of sp³-hybridized carbons (Fsp3) is 0.400. The molecule has 0 saturated carbocycles. The molecule has 0 amide bonds. The van der Waals surface area contributed by atoms with Gasteiger partial charge in [0, 0.05) is 0 Å². The van der Waals surface area contributed by atoms with Crippen molar-refractivity contribution in [2.24, 2.45) is 0 Å². The van der Waals surface area contributed by atoms with Gasteiger partial charge in [-0.25, -0.2) is 0 Å². The van der Waals surface area contributed by atoms with Gasteiger partial charge in [0.15, 0.2) is 0 Å². The first-order valence-electron chi connectivity index (χ1n) is 4.21. The molecule has 0 radical (unpaired) electrons. The largest absolute Gasteiger partial charge is 1.00 e. The van der Waals surface area contributed by atoms with Crippen molar-refractivity contribution >= 4 is 0 Å². The summed E-state index contributed by atoms with van der Waals surface area (Å²) in [5, 5.41) is 3.97. The topological polar surface area (TPSA) is 14.1 Å². The summed E-state index contributed by atoms with van der Waals surface area (Å²) >= 11 is 0. The Hall–Kier alpha value is 0.606. The minimum atomic E-state index is -4.26. The van der Waals surface area contributed by atoms with Crippen LogP contribution in [0, 0.1) is 0 Å². The van der Waals surface area contributed by atoms with Gasteiger partial charge in [-0.1, -0.05) is 24.6 Å². The second-order valence-corrected chi connectivity index (χ2v) is 3.05. The van der Waals surface area contributed by atoms with Crippen molar-refractivity contribution < 1.29 is 64.6 Å². The van der Waals surface area contributed by atoms with Gasteiger partial charge in [0.1, 0.15) is 0 Å². The summed E-state index contributed by atoms with van der Waals surface area (Å²) in [7, 11) is 1.64. The van der Waals surface area contributed by atoms with E-state index in [1.165, 1.54) is 12.1 Å². The summed E-state index contributed by atoms with van der Waals surface area (Å²) < 4.78 is 36.5. The van der Waals surface area contributed by atoms with Crippen molar-refractivity contribution in [1.29, 1.82) is 0 Å². The van der Waals surface area contributed by atoms with Crippen LogP contribution < -0.4 is 51.4 Å². The van der Waals surface area contributed by atoms with Gasteiger partial charge in [-0.3, -0.25) is 0 Å². The Morgan fingerprint density at radius 2 is 1.60 bits per heavy atom. The molecular formula is C10H11F3KN. The molecule has 0 aromatic heterocycles. The van der Waals surface area contributed by atoms with Crippen molar-refractivity contribution in [2.75, 3.05) is 7.05 Å². The Morgan fingerprint density at radius 3 is 1.93 bits per heavy atom. The molecule has 0 saturated heterocycles. The molecule has 78 valence electrons. The standard InChI is InChI=1S/C10H11F3N.K/c1-7(14-2)8-3-5-9(6-4-8)10(11,12)13;/h3-7H,1-2H3;/q-1;+1/t7-;/m1./s1. The van der Waals surface area contributed by atoms with E-state index in [-0.39, 0.29) is 57.4 Å². The molecule has 1 aromatic rings. The van der Waals surface area contributed by atoms with E-state index in [2.05, 4.69) is 5.32 Å². The Bertz CT molecular complexity index is 295. The third-order valence-electron chi connectivity index (χ3n) is 2.11. The molecule has 1 rings (SSSR count). The van der Waals surface area contributed by atoms with Crippen molar-refractivity contribution in [3.8, 4) is 0 Å². The summed E-state index contributed by atoms with van der Waals surface area (Å²) in [6.45, 7) is 1.84. The van der Waals surface area contributed by atoms with Crippen molar-refractivity contribution in [2.45, 2.75) is 19.1 Å². The quantitative estimate of drug-likeness (QED) is 0.679. The van der Waals surface area contributed by atoms with E-state index in [9.17, 15) is 13.2 Å². The van der Waals surface area contributed by atoms with E-state index in [0.717, 1.165) is 17.7 Å². The Kier molecular flexibility index (Phi) is 6.63. The van der Waals surface area contributed by atoms with E-state index in [1.807, 2.05) is 6.92 Å². The summed E-state index contributed by atoms with van der Waals surface area (Å²) in [4.78, 5) is 0. The number of halogens is 3. The van der Waals surface area contributed by atoms with Gasteiger partial charge in [0.2, 0.25) is 0 Å². The maximum absolute atomic E-state index is 12.2. The summed E-state index contributed by atoms with van der Waals surface area (Å²) in [6, 6.07) is 5.02. The zero-order chi connectivity index (χ0) is 10.8. The van der Waals surface area contributed by atoms with Crippen LogP contribution in [0.1, 0.15) is 24.1 Å². The fourth-order valence-corrected chi connectivity index (χ4v) is 1.10. The first kappa shape index (κ1) is 15.6. The molecule has 0 N–H and O–H groups in total. The maximum Gasteiger partial charge on any atom is 1.00 e. The van der Waals surface area contributed by atoms with E-state index in [4.69, 9.17) is 0 Å². The minimum absolute atomic E-state index is 0. The SMILES string of the molecule is C[N-][C@H](C)c1ccc(C(F)(F)F)cc1.[K+]. The number of nitrogens with zero attached hydrogens (tertiary/aromatic N) is 1. The average molecular weight is 241 g/mol. The number of alkyl halides is 3. The second kappa shape index (κ2) is 6.37. The van der Waals surface area contributed by atoms with Gasteiger partial charge in [0.25, 0.3) is 0 Å². The van der Waals surface area contributed by atoms with Crippen LogP contribution in [0.2, 0.25) is 0 Å². The van der Waals surface area contributed by atoms with Gasteiger partial charge in [-0.05, 0) is 12.1 Å². The molecule has 1 aromatic carbocycles. The van der Waals surface area contributed by atoms with E-state index < -0.39 is 11.7 Å². The summed E-state index contributed by atoms with van der Waals surface area (Å²) in [6.07, 6.45) is -4.26. The van der Waals surface area contributed by atoms with Crippen LogP contribution >= 0.6 is 0 Å². The third-order valence-corrected chi connectivity index (χ3v) is 2.11. The van der Waals surface area contributed by atoms with Crippen molar-refractivity contribution in [3.63, 3.8) is 0 Å². The zero-order valence-corrected chi connectivity index (χ0v) is 12.1. The predicted octanol–water partition coefficient (Wildman–Crippen LogP) is 0.774. The van der Waals surface area contributed by atoms with Gasteiger partial charge < -0.3 is 5.32 Å². The molecule has 0 aliphatic heterocycles. The molecule has 0 aliphatic rings. The van der Waals surface area contributed by atoms with Crippen LogP contribution in [-0.2, 0) is 6.18 Å². The van der Waals surface area contributed by atoms with Crippen LogP contribution in [-0.4, -0.2) is 7.05 Å². The average Bonchev–Trinajstić information content (AvgIpc) is 2.15. The van der Waals surface area contributed by atoms with E-state index in [1.54, 1.807) is 7.05 Å². The molecule has 15 heavy (non-hydrogen) atoms. The zero-order valence-electron chi connectivity index (χ0n) is 8.97. The molecule has 0 aliphatic carbocycles. The molecule has 1 nitrogen and oxygen atoms in total. The molecule has 5 heteroatoms. The number of hydrogen-bond acceptors (Lipinski definition) is 0. The van der Waals surface area contributed by atoms with Crippen LogP contribution in [0.4, 0.5) is 13.2 Å². The second-order valence-electron chi connectivity index (χ2n) is 3.05. The van der Waals surface area contributed by atoms with Gasteiger partial charge >= 0.3 is 57.6 Å². The molecule has 0 unspecified atom stereocenters. The fourth-order valence-electron chi connectivity index (χ4n) is 1.10. The monoisotopic (exact) mass is 241 g/mol. The number of rotatable bonds is 2. The first-order chi connectivity index (χ1) is 6.45. The maximum atomic E-state index is 12.2. The molecule has 0 fully saturated rings. The van der Waals surface area contributed by atoms with Crippen LogP contribution in [0.3, 0.4) is 0 Å². The first-order valence-corrected chi connectivity index (χ1v) is 4.21. The molecule has 0 heterocycles. The van der Waals surface area contributed by atoms with Gasteiger partial charge in [-0.2, -0.15) is 20.2 Å². The Morgan fingerprint density at radius 1 is 1.13 bits per heavy atom. The third kappa shape index (κ3) is 4.54. The smallest absolute Gasteiger partial charge is 0.659 e. The molecular weight excluding hydrogens is 230 g/mol. The van der Waals surface area contributed by atoms with Crippen LogP contribution in [0.5, 0.6) is 0 Å². The molecule has 0 bridgehead atoms. The molecule has 0 spiro atoms. The summed E-state index contributed by atoms with van der Waals surface area (Å²) in [5.41, 5.74) is 0.171. The van der Waals surface area contributed by atoms with Gasteiger partial charge in [-0.15, -0.1) is 6.04 Å². The van der Waals surface area contributed by atoms with Crippen molar-refractivity contribution in [3.05, 3.63) is 40.7 Å². The summed E-state index contributed by atoms with van der Waals surface area (Å²) in [5.74, 6) is 0. The molecule has 1 atom stereocenters. The van der Waals surface area contributed by atoms with E-state index >= 15 is 0 Å². The van der Waals surface area contributed by atoms with Crippen LogP contribution in [0.15, 0.2) is 24.3 Å². The number of hydrogen-bond donors (Lipinski definition) is 0. The Labute approximate surface area is 130 Å². The normalized spacial score (nSPS) is 13.1. The minimum Gasteiger partial charge on any atom is -0.659 e. The van der Waals surface area contributed by atoms with Crippen molar-refractivity contribution in [1.82, 2.24) is 0 Å². The van der Waals surface area contributed by atoms with Crippen LogP contribution in [0.25, 0.3) is 5.32 Å². The number of benzene rings is 1. The van der Waals surface area contributed by atoms with E-state index in [0.29, 0.717) is 0 Å². The van der Waals surface area contributed by atoms with Gasteiger partial charge in [0.05, 0.1) is 5.56 Å². The Balaban J connectivity index is 0.00000196.